The number of aromatic nitrogens is 3. The lowest BCUT2D eigenvalue weighted by atomic mass is 10.0. The molecule has 9 nitrogen and oxygen atoms in total. The van der Waals surface area contributed by atoms with E-state index in [-0.39, 0.29) is 19.6 Å². The Labute approximate surface area is 211 Å². The van der Waals surface area contributed by atoms with Crippen LogP contribution in [0.15, 0.2) is 28.9 Å². The molecule has 0 spiro atoms. The molecule has 0 radical (unpaired) electrons. The number of nitrogens with one attached hydrogen (secondary N) is 1. The monoisotopic (exact) mass is 496 g/mol. The number of hydrogen-bond donors (Lipinski definition) is 3. The average Bonchev–Trinajstić information content (AvgIpc) is 3.32. The molecule has 0 aliphatic carbocycles. The minimum Gasteiger partial charge on any atom is -0.490 e. The van der Waals surface area contributed by atoms with Crippen molar-refractivity contribution in [1.82, 2.24) is 20.4 Å². The standard InChI is InChI=1S/C27H36N4O5/c1-6-19-12-20(10-18(5)25(19)35-15-22(32)14-28-8-7-24(33)34)26-30-27(36-31-26)23-11-17(4)21(13-29-23)9-16(2)3/h10-13,16,22,28,32H,6-9,14-15H2,1-5H3,(H,33,34). The molecule has 0 bridgehead atoms. The molecule has 2 heterocycles. The summed E-state index contributed by atoms with van der Waals surface area (Å²) in [5.41, 5.74) is 5.70. The van der Waals surface area contributed by atoms with E-state index in [4.69, 9.17) is 14.4 Å². The Morgan fingerprint density at radius 1 is 1.17 bits per heavy atom. The van der Waals surface area contributed by atoms with E-state index in [1.165, 1.54) is 5.56 Å². The first-order chi connectivity index (χ1) is 17.2. The van der Waals surface area contributed by atoms with E-state index in [2.05, 4.69) is 41.2 Å². The number of aliphatic hydroxyl groups excluding tert-OH is 1. The number of benzene rings is 1. The summed E-state index contributed by atoms with van der Waals surface area (Å²) < 4.78 is 11.5. The smallest absolute Gasteiger partial charge is 0.304 e. The number of ether oxygens (including phenoxy) is 1. The van der Waals surface area contributed by atoms with Gasteiger partial charge in [0.25, 0.3) is 5.89 Å². The van der Waals surface area contributed by atoms with Gasteiger partial charge in [-0.15, -0.1) is 0 Å². The number of carboxylic acids is 1. The van der Waals surface area contributed by atoms with Gasteiger partial charge in [0.15, 0.2) is 0 Å². The summed E-state index contributed by atoms with van der Waals surface area (Å²) in [6, 6.07) is 5.89. The maximum absolute atomic E-state index is 10.6. The summed E-state index contributed by atoms with van der Waals surface area (Å²) >= 11 is 0. The number of aliphatic carboxylic acids is 1. The summed E-state index contributed by atoms with van der Waals surface area (Å²) in [5, 5.41) is 26.0. The number of carbonyl (C=O) groups is 1. The Kier molecular flexibility index (Phi) is 9.55. The van der Waals surface area contributed by atoms with Crippen molar-refractivity contribution in [3.8, 4) is 28.7 Å². The molecular formula is C27H36N4O5. The Morgan fingerprint density at radius 2 is 1.94 bits per heavy atom. The minimum absolute atomic E-state index is 0.00500. The van der Waals surface area contributed by atoms with Crippen LogP contribution >= 0.6 is 0 Å². The zero-order valence-electron chi connectivity index (χ0n) is 21.7. The van der Waals surface area contributed by atoms with Crippen molar-refractivity contribution in [2.75, 3.05) is 19.7 Å². The van der Waals surface area contributed by atoms with E-state index < -0.39 is 12.1 Å². The quantitative estimate of drug-likeness (QED) is 0.301. The molecule has 0 fully saturated rings. The Morgan fingerprint density at radius 3 is 2.61 bits per heavy atom. The third-order valence-electron chi connectivity index (χ3n) is 5.80. The van der Waals surface area contributed by atoms with E-state index >= 15 is 0 Å². The topological polar surface area (TPSA) is 131 Å². The third-order valence-corrected chi connectivity index (χ3v) is 5.80. The molecule has 194 valence electrons. The summed E-state index contributed by atoms with van der Waals surface area (Å²) in [4.78, 5) is 19.7. The van der Waals surface area contributed by atoms with Crippen molar-refractivity contribution < 1.29 is 24.3 Å². The van der Waals surface area contributed by atoms with Gasteiger partial charge in [-0.1, -0.05) is 25.9 Å². The number of nitrogens with zero attached hydrogens (tertiary/aromatic N) is 3. The lowest BCUT2D eigenvalue weighted by molar-refractivity contribution is -0.136. The number of hydrogen-bond acceptors (Lipinski definition) is 8. The second-order valence-corrected chi connectivity index (χ2v) is 9.46. The van der Waals surface area contributed by atoms with Gasteiger partial charge >= 0.3 is 5.97 Å². The van der Waals surface area contributed by atoms with Crippen LogP contribution in [0.1, 0.15) is 49.4 Å². The van der Waals surface area contributed by atoms with E-state index in [9.17, 15) is 9.90 Å². The molecule has 0 aliphatic heterocycles. The van der Waals surface area contributed by atoms with E-state index in [0.29, 0.717) is 35.6 Å². The van der Waals surface area contributed by atoms with Crippen molar-refractivity contribution in [3.63, 3.8) is 0 Å². The number of carboxylic acid groups (broad SMARTS) is 1. The highest BCUT2D eigenvalue weighted by molar-refractivity contribution is 5.66. The van der Waals surface area contributed by atoms with Gasteiger partial charge in [-0.3, -0.25) is 9.78 Å². The van der Waals surface area contributed by atoms with Crippen molar-refractivity contribution in [2.24, 2.45) is 5.92 Å². The van der Waals surface area contributed by atoms with Crippen LogP contribution in [-0.2, 0) is 17.6 Å². The zero-order valence-corrected chi connectivity index (χ0v) is 21.7. The number of rotatable bonds is 13. The molecule has 9 heteroatoms. The molecule has 0 aliphatic rings. The first-order valence-electron chi connectivity index (χ1n) is 12.3. The van der Waals surface area contributed by atoms with Crippen molar-refractivity contribution in [1.29, 1.82) is 0 Å². The predicted octanol–water partition coefficient (Wildman–Crippen LogP) is 3.98. The number of aryl methyl sites for hydroxylation is 3. The highest BCUT2D eigenvalue weighted by Gasteiger charge is 2.17. The van der Waals surface area contributed by atoms with Gasteiger partial charge in [-0.05, 0) is 73.1 Å². The fraction of sp³-hybridized carbons (Fsp3) is 0.481. The molecular weight excluding hydrogens is 460 g/mol. The SMILES string of the molecule is CCc1cc(-c2noc(-c3cc(C)c(CC(C)C)cn3)n2)cc(C)c1OCC(O)CNCCC(=O)O. The molecule has 0 saturated carbocycles. The molecule has 1 unspecified atom stereocenters. The van der Waals surface area contributed by atoms with Crippen LogP contribution in [0.5, 0.6) is 5.75 Å². The molecule has 3 N–H and O–H groups in total. The Balaban J connectivity index is 1.71. The average molecular weight is 497 g/mol. The molecule has 1 aromatic carbocycles. The van der Waals surface area contributed by atoms with E-state index in [0.717, 1.165) is 35.1 Å². The van der Waals surface area contributed by atoms with Crippen LogP contribution in [0.25, 0.3) is 23.0 Å². The largest absolute Gasteiger partial charge is 0.490 e. The predicted molar refractivity (Wildman–Crippen MR) is 137 cm³/mol. The summed E-state index contributed by atoms with van der Waals surface area (Å²) in [6.45, 7) is 11.1. The van der Waals surface area contributed by atoms with E-state index in [1.807, 2.05) is 38.2 Å². The molecule has 3 aromatic rings. The summed E-state index contributed by atoms with van der Waals surface area (Å²) in [6.07, 6.45) is 2.83. The first kappa shape index (κ1) is 27.3. The van der Waals surface area contributed by atoms with Gasteiger partial charge in [0.05, 0.1) is 6.42 Å². The normalized spacial score (nSPS) is 12.2. The molecule has 0 amide bonds. The molecule has 0 saturated heterocycles. The van der Waals surface area contributed by atoms with Crippen LogP contribution in [0, 0.1) is 19.8 Å². The fourth-order valence-electron chi connectivity index (χ4n) is 3.95. The van der Waals surface area contributed by atoms with Gasteiger partial charge in [-0.2, -0.15) is 4.98 Å². The van der Waals surface area contributed by atoms with E-state index in [1.54, 1.807) is 0 Å². The minimum atomic E-state index is -0.879. The van der Waals surface area contributed by atoms with Crippen LogP contribution in [0.4, 0.5) is 0 Å². The maximum atomic E-state index is 10.6. The Hall–Kier alpha value is -3.30. The van der Waals surface area contributed by atoms with Crippen molar-refractivity contribution in [3.05, 3.63) is 46.6 Å². The van der Waals surface area contributed by atoms with Crippen LogP contribution in [0.3, 0.4) is 0 Å². The number of aliphatic hydroxyl groups is 1. The van der Waals surface area contributed by atoms with Gasteiger partial charge in [0.1, 0.15) is 24.2 Å². The van der Waals surface area contributed by atoms with Gasteiger partial charge in [0, 0.05) is 24.8 Å². The third kappa shape index (κ3) is 7.35. The highest BCUT2D eigenvalue weighted by atomic mass is 16.5. The summed E-state index contributed by atoms with van der Waals surface area (Å²) in [7, 11) is 0. The van der Waals surface area contributed by atoms with Crippen molar-refractivity contribution in [2.45, 2.75) is 60.0 Å². The van der Waals surface area contributed by atoms with Crippen LogP contribution in [0.2, 0.25) is 0 Å². The van der Waals surface area contributed by atoms with Gasteiger partial charge in [-0.25, -0.2) is 0 Å². The van der Waals surface area contributed by atoms with Crippen LogP contribution < -0.4 is 10.1 Å². The lowest BCUT2D eigenvalue weighted by Crippen LogP contribution is -2.32. The second-order valence-electron chi connectivity index (χ2n) is 9.46. The highest BCUT2D eigenvalue weighted by Crippen LogP contribution is 2.31. The molecule has 2 aromatic heterocycles. The Bertz CT molecular complexity index is 1170. The summed E-state index contributed by atoms with van der Waals surface area (Å²) in [5.74, 6) is 1.24. The first-order valence-corrected chi connectivity index (χ1v) is 12.3. The van der Waals surface area contributed by atoms with Gasteiger partial charge in [0.2, 0.25) is 5.82 Å². The zero-order chi connectivity index (χ0) is 26.2. The second kappa shape index (κ2) is 12.6. The van der Waals surface area contributed by atoms with Crippen LogP contribution in [-0.4, -0.2) is 57.1 Å². The van der Waals surface area contributed by atoms with Gasteiger partial charge < -0.3 is 24.8 Å². The lowest BCUT2D eigenvalue weighted by Gasteiger charge is -2.17. The molecule has 3 rings (SSSR count). The van der Waals surface area contributed by atoms with Crippen molar-refractivity contribution >= 4 is 5.97 Å². The maximum Gasteiger partial charge on any atom is 0.304 e. The fourth-order valence-corrected chi connectivity index (χ4v) is 3.95. The molecule has 36 heavy (non-hydrogen) atoms. The number of pyridine rings is 1. The molecule has 1 atom stereocenters.